The Morgan fingerprint density at radius 2 is 1.50 bits per heavy atom. The zero-order valence-corrected chi connectivity index (χ0v) is 12.7. The molecule has 0 amide bonds. The van der Waals surface area contributed by atoms with Gasteiger partial charge in [0.2, 0.25) is 0 Å². The molecule has 0 fully saturated rings. The van der Waals surface area contributed by atoms with E-state index in [1.165, 1.54) is 71.2 Å². The molecule has 0 radical (unpaired) electrons. The normalized spacial score (nSPS) is 11.3. The lowest BCUT2D eigenvalue weighted by molar-refractivity contribution is 0.265. The Hall–Kier alpha value is -0.120. The van der Waals surface area contributed by atoms with Gasteiger partial charge >= 0.3 is 0 Å². The SMILES string of the molecule is CCCNCCCCCCN(CCC)CCCN. The zero-order chi connectivity index (χ0) is 13.5. The van der Waals surface area contributed by atoms with E-state index in [0.717, 1.165) is 13.0 Å². The summed E-state index contributed by atoms with van der Waals surface area (Å²) >= 11 is 0. The number of unbranched alkanes of at least 4 members (excludes halogenated alkanes) is 3. The van der Waals surface area contributed by atoms with Crippen molar-refractivity contribution in [1.29, 1.82) is 0 Å². The quantitative estimate of drug-likeness (QED) is 0.470. The molecule has 0 aliphatic carbocycles. The van der Waals surface area contributed by atoms with Crippen LogP contribution in [0.15, 0.2) is 0 Å². The molecule has 18 heavy (non-hydrogen) atoms. The number of rotatable bonds is 14. The van der Waals surface area contributed by atoms with Gasteiger partial charge in [-0.05, 0) is 71.4 Å². The summed E-state index contributed by atoms with van der Waals surface area (Å²) < 4.78 is 0. The predicted molar refractivity (Wildman–Crippen MR) is 82.0 cm³/mol. The Kier molecular flexibility index (Phi) is 14.8. The molecule has 0 aliphatic heterocycles. The Balaban J connectivity index is 3.31. The van der Waals surface area contributed by atoms with Gasteiger partial charge in [-0.15, -0.1) is 0 Å². The van der Waals surface area contributed by atoms with Crippen molar-refractivity contribution in [3.8, 4) is 0 Å². The summed E-state index contributed by atoms with van der Waals surface area (Å²) in [7, 11) is 0. The van der Waals surface area contributed by atoms with Crippen LogP contribution in [0, 0.1) is 0 Å². The van der Waals surface area contributed by atoms with E-state index in [9.17, 15) is 0 Å². The molecule has 0 saturated carbocycles. The standard InChI is InChI=1S/C15H35N3/c1-3-11-17-12-7-5-6-8-14-18(13-4-2)15-9-10-16/h17H,3-16H2,1-2H3. The molecule has 0 atom stereocenters. The topological polar surface area (TPSA) is 41.3 Å². The third-order valence-electron chi connectivity index (χ3n) is 3.22. The molecule has 0 spiro atoms. The molecule has 0 aromatic heterocycles. The second-order valence-electron chi connectivity index (χ2n) is 5.15. The van der Waals surface area contributed by atoms with E-state index in [-0.39, 0.29) is 0 Å². The Bertz CT molecular complexity index is 151. The van der Waals surface area contributed by atoms with Gasteiger partial charge in [0.25, 0.3) is 0 Å². The predicted octanol–water partition coefficient (Wildman–Crippen LogP) is 2.61. The van der Waals surface area contributed by atoms with E-state index in [2.05, 4.69) is 24.1 Å². The molecule has 0 rings (SSSR count). The van der Waals surface area contributed by atoms with Gasteiger partial charge in [0.1, 0.15) is 0 Å². The first-order valence-electron chi connectivity index (χ1n) is 7.98. The fraction of sp³-hybridized carbons (Fsp3) is 1.00. The molecule has 0 aromatic rings. The van der Waals surface area contributed by atoms with Gasteiger partial charge in [-0.2, -0.15) is 0 Å². The average Bonchev–Trinajstić information content (AvgIpc) is 2.39. The van der Waals surface area contributed by atoms with Gasteiger partial charge in [0.15, 0.2) is 0 Å². The average molecular weight is 257 g/mol. The molecule has 3 nitrogen and oxygen atoms in total. The number of hydrogen-bond donors (Lipinski definition) is 2. The molecular formula is C15H35N3. The van der Waals surface area contributed by atoms with Crippen molar-refractivity contribution < 1.29 is 0 Å². The first-order valence-corrected chi connectivity index (χ1v) is 7.98. The maximum Gasteiger partial charge on any atom is -0.000672 e. The van der Waals surface area contributed by atoms with Gasteiger partial charge in [-0.1, -0.05) is 26.7 Å². The van der Waals surface area contributed by atoms with Crippen molar-refractivity contribution >= 4 is 0 Å². The molecule has 0 heterocycles. The van der Waals surface area contributed by atoms with E-state index < -0.39 is 0 Å². The minimum Gasteiger partial charge on any atom is -0.330 e. The van der Waals surface area contributed by atoms with Crippen LogP contribution < -0.4 is 11.1 Å². The van der Waals surface area contributed by atoms with Gasteiger partial charge in [0.05, 0.1) is 0 Å². The van der Waals surface area contributed by atoms with Crippen molar-refractivity contribution in [2.24, 2.45) is 5.73 Å². The summed E-state index contributed by atoms with van der Waals surface area (Å²) in [6.45, 7) is 11.3. The number of nitrogens with one attached hydrogen (secondary N) is 1. The van der Waals surface area contributed by atoms with E-state index in [0.29, 0.717) is 0 Å². The highest BCUT2D eigenvalue weighted by Crippen LogP contribution is 2.03. The Labute approximate surface area is 114 Å². The third-order valence-corrected chi connectivity index (χ3v) is 3.22. The summed E-state index contributed by atoms with van der Waals surface area (Å²) in [6.07, 6.45) is 9.05. The number of hydrogen-bond acceptors (Lipinski definition) is 3. The summed E-state index contributed by atoms with van der Waals surface area (Å²) in [5.74, 6) is 0. The molecule has 0 unspecified atom stereocenters. The summed E-state index contributed by atoms with van der Waals surface area (Å²) in [5, 5.41) is 3.46. The van der Waals surface area contributed by atoms with Gasteiger partial charge in [-0.25, -0.2) is 0 Å². The van der Waals surface area contributed by atoms with E-state index in [4.69, 9.17) is 5.73 Å². The molecule has 3 N–H and O–H groups in total. The summed E-state index contributed by atoms with van der Waals surface area (Å²) in [4.78, 5) is 2.57. The lowest BCUT2D eigenvalue weighted by atomic mass is 10.2. The highest BCUT2D eigenvalue weighted by molar-refractivity contribution is 4.58. The van der Waals surface area contributed by atoms with E-state index in [1.807, 2.05) is 0 Å². The smallest absolute Gasteiger partial charge is 0.000672 e. The van der Waals surface area contributed by atoms with Crippen LogP contribution in [0.3, 0.4) is 0 Å². The monoisotopic (exact) mass is 257 g/mol. The van der Waals surface area contributed by atoms with Crippen LogP contribution in [0.2, 0.25) is 0 Å². The largest absolute Gasteiger partial charge is 0.330 e. The fourth-order valence-corrected chi connectivity index (χ4v) is 2.21. The second-order valence-corrected chi connectivity index (χ2v) is 5.15. The molecular weight excluding hydrogens is 222 g/mol. The lowest BCUT2D eigenvalue weighted by Gasteiger charge is -2.21. The third kappa shape index (κ3) is 12.3. The molecule has 0 aliphatic rings. The van der Waals surface area contributed by atoms with Crippen molar-refractivity contribution in [3.05, 3.63) is 0 Å². The zero-order valence-electron chi connectivity index (χ0n) is 12.7. The molecule has 0 saturated heterocycles. The Morgan fingerprint density at radius 1 is 0.778 bits per heavy atom. The van der Waals surface area contributed by atoms with E-state index >= 15 is 0 Å². The minimum atomic E-state index is 0.823. The maximum atomic E-state index is 5.57. The molecule has 110 valence electrons. The minimum absolute atomic E-state index is 0.823. The van der Waals surface area contributed by atoms with Crippen LogP contribution in [0.1, 0.15) is 58.8 Å². The van der Waals surface area contributed by atoms with Crippen LogP contribution in [-0.2, 0) is 0 Å². The van der Waals surface area contributed by atoms with Crippen LogP contribution >= 0.6 is 0 Å². The van der Waals surface area contributed by atoms with Crippen LogP contribution in [-0.4, -0.2) is 44.2 Å². The number of nitrogens with two attached hydrogens (primary N) is 1. The highest BCUT2D eigenvalue weighted by Gasteiger charge is 2.02. The lowest BCUT2D eigenvalue weighted by Crippen LogP contribution is -2.28. The van der Waals surface area contributed by atoms with Crippen molar-refractivity contribution in [1.82, 2.24) is 10.2 Å². The molecule has 0 aromatic carbocycles. The van der Waals surface area contributed by atoms with Gasteiger partial charge < -0.3 is 16.0 Å². The van der Waals surface area contributed by atoms with Crippen molar-refractivity contribution in [2.75, 3.05) is 39.3 Å². The first-order chi connectivity index (χ1) is 8.85. The van der Waals surface area contributed by atoms with Crippen molar-refractivity contribution in [2.45, 2.75) is 58.8 Å². The number of nitrogens with zero attached hydrogens (tertiary/aromatic N) is 1. The van der Waals surface area contributed by atoms with Crippen LogP contribution in [0.5, 0.6) is 0 Å². The Morgan fingerprint density at radius 3 is 2.17 bits per heavy atom. The fourth-order valence-electron chi connectivity index (χ4n) is 2.21. The summed E-state index contributed by atoms with van der Waals surface area (Å²) in [6, 6.07) is 0. The van der Waals surface area contributed by atoms with Crippen molar-refractivity contribution in [3.63, 3.8) is 0 Å². The second kappa shape index (κ2) is 14.9. The van der Waals surface area contributed by atoms with E-state index in [1.54, 1.807) is 0 Å². The van der Waals surface area contributed by atoms with Gasteiger partial charge in [-0.3, -0.25) is 0 Å². The van der Waals surface area contributed by atoms with Crippen LogP contribution in [0.4, 0.5) is 0 Å². The van der Waals surface area contributed by atoms with Crippen LogP contribution in [0.25, 0.3) is 0 Å². The van der Waals surface area contributed by atoms with Gasteiger partial charge in [0, 0.05) is 0 Å². The molecule has 3 heteroatoms. The summed E-state index contributed by atoms with van der Waals surface area (Å²) in [5.41, 5.74) is 5.57. The maximum absolute atomic E-state index is 5.57. The highest BCUT2D eigenvalue weighted by atomic mass is 15.1. The first kappa shape index (κ1) is 17.9. The molecule has 0 bridgehead atoms.